The van der Waals surface area contributed by atoms with Gasteiger partial charge in [0.25, 0.3) is 0 Å². The Morgan fingerprint density at radius 1 is 1.03 bits per heavy atom. The first-order valence-electron chi connectivity index (χ1n) is 9.58. The SMILES string of the molecule is O=C(NCc1ccco1)[C@@H]1Sc2nnc(-c3ccccc3)n2N[C@@H]1c1ccccc1. The maximum Gasteiger partial charge on any atom is 0.236 e. The van der Waals surface area contributed by atoms with Crippen LogP contribution in [-0.4, -0.2) is 26.0 Å². The summed E-state index contributed by atoms with van der Waals surface area (Å²) in [6, 6.07) is 23.2. The third-order valence-corrected chi connectivity index (χ3v) is 6.12. The van der Waals surface area contributed by atoms with Gasteiger partial charge in [-0.3, -0.25) is 4.79 Å². The molecule has 2 aromatic heterocycles. The summed E-state index contributed by atoms with van der Waals surface area (Å²) in [6.07, 6.45) is 1.60. The average Bonchev–Trinajstić information content (AvgIpc) is 3.47. The van der Waals surface area contributed by atoms with E-state index in [0.29, 0.717) is 23.3 Å². The summed E-state index contributed by atoms with van der Waals surface area (Å²) in [5, 5.41) is 11.9. The molecule has 0 fully saturated rings. The highest BCUT2D eigenvalue weighted by atomic mass is 32.2. The van der Waals surface area contributed by atoms with Crippen molar-refractivity contribution >= 4 is 17.7 Å². The first kappa shape index (κ1) is 18.5. The number of thioether (sulfide) groups is 1. The van der Waals surface area contributed by atoms with Gasteiger partial charge in [0.1, 0.15) is 11.0 Å². The lowest BCUT2D eigenvalue weighted by Gasteiger charge is -2.32. The molecule has 4 aromatic rings. The van der Waals surface area contributed by atoms with Crippen molar-refractivity contribution in [3.63, 3.8) is 0 Å². The number of aromatic nitrogens is 3. The van der Waals surface area contributed by atoms with E-state index in [2.05, 4.69) is 20.9 Å². The number of furan rings is 1. The summed E-state index contributed by atoms with van der Waals surface area (Å²) in [5.74, 6) is 1.34. The van der Waals surface area contributed by atoms with Gasteiger partial charge in [0.2, 0.25) is 11.1 Å². The third-order valence-electron chi connectivity index (χ3n) is 4.90. The van der Waals surface area contributed by atoms with Gasteiger partial charge < -0.3 is 15.2 Å². The fraction of sp³-hybridized carbons (Fsp3) is 0.136. The van der Waals surface area contributed by atoms with E-state index in [9.17, 15) is 4.79 Å². The van der Waals surface area contributed by atoms with E-state index in [0.717, 1.165) is 11.1 Å². The fourth-order valence-electron chi connectivity index (χ4n) is 3.43. The van der Waals surface area contributed by atoms with Gasteiger partial charge in [0, 0.05) is 5.56 Å². The van der Waals surface area contributed by atoms with Crippen LogP contribution in [0.15, 0.2) is 88.6 Å². The van der Waals surface area contributed by atoms with Crippen LogP contribution in [0.1, 0.15) is 17.4 Å². The van der Waals surface area contributed by atoms with Gasteiger partial charge in [-0.05, 0) is 17.7 Å². The molecule has 0 aliphatic carbocycles. The quantitative estimate of drug-likeness (QED) is 0.516. The summed E-state index contributed by atoms with van der Waals surface area (Å²) < 4.78 is 7.20. The molecule has 8 heteroatoms. The number of nitrogens with zero attached hydrogens (tertiary/aromatic N) is 3. The lowest BCUT2D eigenvalue weighted by atomic mass is 10.0. The Morgan fingerprint density at radius 3 is 2.53 bits per heavy atom. The van der Waals surface area contributed by atoms with Gasteiger partial charge in [-0.1, -0.05) is 72.4 Å². The minimum Gasteiger partial charge on any atom is -0.467 e. The molecule has 2 N–H and O–H groups in total. The number of fused-ring (bicyclic) bond motifs is 1. The Morgan fingerprint density at radius 2 is 1.80 bits per heavy atom. The number of amides is 1. The second kappa shape index (κ2) is 8.08. The maximum absolute atomic E-state index is 13.1. The fourth-order valence-corrected chi connectivity index (χ4v) is 4.53. The number of rotatable bonds is 5. The van der Waals surface area contributed by atoms with Crippen LogP contribution in [0, 0.1) is 0 Å². The molecule has 2 atom stereocenters. The Labute approximate surface area is 177 Å². The molecule has 2 aromatic carbocycles. The molecule has 3 heterocycles. The molecular formula is C22H19N5O2S. The Balaban J connectivity index is 1.46. The number of carbonyl (C=O) groups excluding carboxylic acids is 1. The maximum atomic E-state index is 13.1. The largest absolute Gasteiger partial charge is 0.467 e. The predicted molar refractivity (Wildman–Crippen MR) is 114 cm³/mol. The van der Waals surface area contributed by atoms with E-state index in [4.69, 9.17) is 4.42 Å². The van der Waals surface area contributed by atoms with E-state index < -0.39 is 5.25 Å². The van der Waals surface area contributed by atoms with Crippen molar-refractivity contribution in [2.45, 2.75) is 23.0 Å². The molecule has 0 saturated heterocycles. The first-order valence-corrected chi connectivity index (χ1v) is 10.5. The predicted octanol–water partition coefficient (Wildman–Crippen LogP) is 3.61. The minimum absolute atomic E-state index is 0.0896. The van der Waals surface area contributed by atoms with Crippen LogP contribution in [0.4, 0.5) is 0 Å². The first-order chi connectivity index (χ1) is 14.8. The summed E-state index contributed by atoms with van der Waals surface area (Å²) in [4.78, 5) is 13.1. The summed E-state index contributed by atoms with van der Waals surface area (Å²) in [5.41, 5.74) is 5.44. The Bertz CT molecular complexity index is 1130. The molecule has 150 valence electrons. The normalized spacial score (nSPS) is 17.7. The van der Waals surface area contributed by atoms with Crippen molar-refractivity contribution in [3.8, 4) is 11.4 Å². The molecule has 7 nitrogen and oxygen atoms in total. The van der Waals surface area contributed by atoms with Crippen molar-refractivity contribution in [1.29, 1.82) is 0 Å². The molecule has 0 spiro atoms. The van der Waals surface area contributed by atoms with Gasteiger partial charge in [0.15, 0.2) is 5.82 Å². The van der Waals surface area contributed by atoms with Crippen LogP contribution < -0.4 is 10.7 Å². The molecule has 1 aliphatic rings. The molecule has 0 radical (unpaired) electrons. The zero-order chi connectivity index (χ0) is 20.3. The van der Waals surface area contributed by atoms with E-state index in [1.165, 1.54) is 11.8 Å². The number of hydrogen-bond acceptors (Lipinski definition) is 6. The van der Waals surface area contributed by atoms with Gasteiger partial charge in [-0.15, -0.1) is 10.2 Å². The Hall–Kier alpha value is -3.52. The molecule has 5 rings (SSSR count). The van der Waals surface area contributed by atoms with Crippen molar-refractivity contribution < 1.29 is 9.21 Å². The van der Waals surface area contributed by atoms with Crippen molar-refractivity contribution in [2.75, 3.05) is 5.43 Å². The van der Waals surface area contributed by atoms with Gasteiger partial charge >= 0.3 is 0 Å². The van der Waals surface area contributed by atoms with Crippen LogP contribution in [-0.2, 0) is 11.3 Å². The molecule has 0 bridgehead atoms. The third kappa shape index (κ3) is 3.57. The molecular weight excluding hydrogens is 398 g/mol. The number of benzene rings is 2. The van der Waals surface area contributed by atoms with Gasteiger partial charge in [-0.25, -0.2) is 4.68 Å². The second-order valence-electron chi connectivity index (χ2n) is 6.86. The van der Waals surface area contributed by atoms with E-state index >= 15 is 0 Å². The van der Waals surface area contributed by atoms with E-state index in [1.807, 2.05) is 71.4 Å². The summed E-state index contributed by atoms with van der Waals surface area (Å²) >= 11 is 1.40. The molecule has 30 heavy (non-hydrogen) atoms. The van der Waals surface area contributed by atoms with Crippen LogP contribution in [0.2, 0.25) is 0 Å². The highest BCUT2D eigenvalue weighted by Gasteiger charge is 2.37. The number of nitrogens with one attached hydrogen (secondary N) is 2. The molecule has 1 aliphatic heterocycles. The smallest absolute Gasteiger partial charge is 0.236 e. The molecule has 0 saturated carbocycles. The standard InChI is InChI=1S/C22H19N5O2S/c28-21(23-14-17-12-7-13-29-17)19-18(15-8-3-1-4-9-15)26-27-20(24-25-22(27)30-19)16-10-5-2-6-11-16/h1-13,18-19,26H,14H2,(H,23,28)/t18-,19-/m1/s1. The Kier molecular flexibility index (Phi) is 4.98. The summed E-state index contributed by atoms with van der Waals surface area (Å²) in [7, 11) is 0. The van der Waals surface area contributed by atoms with E-state index in [-0.39, 0.29) is 11.9 Å². The average molecular weight is 417 g/mol. The van der Waals surface area contributed by atoms with Gasteiger partial charge in [-0.2, -0.15) is 0 Å². The summed E-state index contributed by atoms with van der Waals surface area (Å²) in [6.45, 7) is 0.340. The lowest BCUT2D eigenvalue weighted by Crippen LogP contribution is -2.43. The van der Waals surface area contributed by atoms with Crippen LogP contribution in [0.5, 0.6) is 0 Å². The van der Waals surface area contributed by atoms with Gasteiger partial charge in [0.05, 0.1) is 18.8 Å². The van der Waals surface area contributed by atoms with E-state index in [1.54, 1.807) is 12.3 Å². The zero-order valence-electron chi connectivity index (χ0n) is 15.9. The monoisotopic (exact) mass is 417 g/mol. The number of carbonyl (C=O) groups is 1. The van der Waals surface area contributed by atoms with Crippen LogP contribution in [0.25, 0.3) is 11.4 Å². The minimum atomic E-state index is -0.414. The number of hydrogen-bond donors (Lipinski definition) is 2. The highest BCUT2D eigenvalue weighted by molar-refractivity contribution is 8.00. The lowest BCUT2D eigenvalue weighted by molar-refractivity contribution is -0.121. The zero-order valence-corrected chi connectivity index (χ0v) is 16.8. The van der Waals surface area contributed by atoms with Crippen molar-refractivity contribution in [1.82, 2.24) is 20.2 Å². The van der Waals surface area contributed by atoms with Crippen LogP contribution in [0.3, 0.4) is 0 Å². The molecule has 1 amide bonds. The van der Waals surface area contributed by atoms with Crippen molar-refractivity contribution in [3.05, 3.63) is 90.4 Å². The topological polar surface area (TPSA) is 85.0 Å². The van der Waals surface area contributed by atoms with Crippen LogP contribution >= 0.6 is 11.8 Å². The molecule has 0 unspecified atom stereocenters. The van der Waals surface area contributed by atoms with Crippen molar-refractivity contribution in [2.24, 2.45) is 0 Å². The highest BCUT2D eigenvalue weighted by Crippen LogP contribution is 2.38. The second-order valence-corrected chi connectivity index (χ2v) is 7.97.